The third-order valence-corrected chi connectivity index (χ3v) is 3.36. The lowest BCUT2D eigenvalue weighted by molar-refractivity contribution is 0.0746. The van der Waals surface area contributed by atoms with Crippen molar-refractivity contribution >= 4 is 11.6 Å². The van der Waals surface area contributed by atoms with Gasteiger partial charge in [0.2, 0.25) is 0 Å². The number of rotatable bonds is 6. The van der Waals surface area contributed by atoms with Gasteiger partial charge in [-0.3, -0.25) is 4.90 Å². The molecule has 1 aliphatic heterocycles. The monoisotopic (exact) mass is 321 g/mol. The number of aliphatic hydroxyl groups is 1. The molecule has 0 atom stereocenters. The minimum Gasteiger partial charge on any atom is -0.489 e. The topological polar surface area (TPSA) is 41.9 Å². The van der Waals surface area contributed by atoms with Crippen LogP contribution >= 0.6 is 11.6 Å². The van der Waals surface area contributed by atoms with Gasteiger partial charge in [-0.05, 0) is 17.7 Å². The molecule has 2 rings (SSSR count). The minimum absolute atomic E-state index is 0.176. The molecule has 1 N–H and O–H groups in total. The number of hydrogen-bond acceptors (Lipinski definition) is 4. The van der Waals surface area contributed by atoms with E-state index in [2.05, 4.69) is 0 Å². The second kappa shape index (κ2) is 7.77. The number of halogens is 3. The van der Waals surface area contributed by atoms with Crippen molar-refractivity contribution in [3.63, 3.8) is 0 Å². The molecular formula is C14H18ClF2NO3. The molecule has 0 radical (unpaired) electrons. The average Bonchev–Trinajstić information content (AvgIpc) is 2.63. The molecule has 0 bridgehead atoms. The summed E-state index contributed by atoms with van der Waals surface area (Å²) in [4.78, 5) is 1.47. The minimum atomic E-state index is -2.45. The Balaban J connectivity index is 2.15. The van der Waals surface area contributed by atoms with Crippen LogP contribution in [0.25, 0.3) is 0 Å². The molecule has 0 aromatic heterocycles. The van der Waals surface area contributed by atoms with E-state index in [9.17, 15) is 8.78 Å². The van der Waals surface area contributed by atoms with Crippen molar-refractivity contribution in [3.8, 4) is 11.5 Å². The zero-order valence-corrected chi connectivity index (χ0v) is 12.3. The van der Waals surface area contributed by atoms with Gasteiger partial charge in [0.05, 0.1) is 31.4 Å². The zero-order valence-electron chi connectivity index (χ0n) is 11.5. The Kier molecular flexibility index (Phi) is 6.02. The highest BCUT2D eigenvalue weighted by Crippen LogP contribution is 2.38. The quantitative estimate of drug-likeness (QED) is 0.874. The van der Waals surface area contributed by atoms with Crippen LogP contribution in [0.3, 0.4) is 0 Å². The summed E-state index contributed by atoms with van der Waals surface area (Å²) >= 11 is 6.17. The Morgan fingerprint density at radius 2 is 2.05 bits per heavy atom. The molecule has 1 heterocycles. The lowest BCUT2D eigenvalue weighted by Gasteiger charge is -2.21. The number of alkyl halides is 2. The van der Waals surface area contributed by atoms with Crippen molar-refractivity contribution in [2.75, 3.05) is 32.9 Å². The molecule has 4 nitrogen and oxygen atoms in total. The van der Waals surface area contributed by atoms with Crippen molar-refractivity contribution in [3.05, 3.63) is 22.7 Å². The summed E-state index contributed by atoms with van der Waals surface area (Å²) in [7, 11) is 0. The Morgan fingerprint density at radius 3 is 2.76 bits per heavy atom. The van der Waals surface area contributed by atoms with E-state index in [1.54, 1.807) is 12.1 Å². The van der Waals surface area contributed by atoms with Gasteiger partial charge in [0.25, 0.3) is 6.43 Å². The van der Waals surface area contributed by atoms with E-state index in [0.29, 0.717) is 29.7 Å². The van der Waals surface area contributed by atoms with Gasteiger partial charge in [-0.2, -0.15) is 0 Å². The number of nitrogens with zero attached hydrogens (tertiary/aromatic N) is 1. The molecule has 118 valence electrons. The molecule has 1 aromatic carbocycles. The van der Waals surface area contributed by atoms with Gasteiger partial charge in [-0.1, -0.05) is 11.6 Å². The molecule has 0 saturated heterocycles. The van der Waals surface area contributed by atoms with E-state index in [1.165, 1.54) is 4.90 Å². The van der Waals surface area contributed by atoms with Crippen LogP contribution in [0.5, 0.6) is 11.5 Å². The summed E-state index contributed by atoms with van der Waals surface area (Å²) in [5.41, 5.74) is 0.748. The summed E-state index contributed by atoms with van der Waals surface area (Å²) in [6.45, 7) is 0.938. The van der Waals surface area contributed by atoms with Crippen LogP contribution < -0.4 is 9.47 Å². The predicted octanol–water partition coefficient (Wildman–Crippen LogP) is 2.56. The predicted molar refractivity (Wildman–Crippen MR) is 75.4 cm³/mol. The van der Waals surface area contributed by atoms with Crippen molar-refractivity contribution < 1.29 is 23.4 Å². The number of hydrogen-bond donors (Lipinski definition) is 1. The van der Waals surface area contributed by atoms with Crippen LogP contribution in [0.4, 0.5) is 8.78 Å². The molecule has 1 aromatic rings. The summed E-state index contributed by atoms with van der Waals surface area (Å²) in [5, 5.41) is 9.36. The molecule has 0 aliphatic carbocycles. The summed E-state index contributed by atoms with van der Waals surface area (Å²) < 4.78 is 36.1. The van der Waals surface area contributed by atoms with E-state index in [4.69, 9.17) is 26.2 Å². The van der Waals surface area contributed by atoms with Gasteiger partial charge in [-0.15, -0.1) is 0 Å². The zero-order chi connectivity index (χ0) is 15.2. The number of fused-ring (bicyclic) bond motifs is 1. The number of ether oxygens (including phenoxy) is 2. The summed E-state index contributed by atoms with van der Waals surface area (Å²) in [6, 6.07) is 3.44. The highest BCUT2D eigenvalue weighted by Gasteiger charge is 2.18. The van der Waals surface area contributed by atoms with Gasteiger partial charge >= 0.3 is 0 Å². The molecule has 0 amide bonds. The van der Waals surface area contributed by atoms with Crippen LogP contribution in [0.2, 0.25) is 5.02 Å². The Hall–Kier alpha value is -1.11. The van der Waals surface area contributed by atoms with Crippen LogP contribution in [0, 0.1) is 0 Å². The van der Waals surface area contributed by atoms with E-state index in [0.717, 1.165) is 12.0 Å². The fourth-order valence-corrected chi connectivity index (χ4v) is 2.49. The first-order chi connectivity index (χ1) is 10.1. The molecule has 1 aliphatic rings. The third-order valence-electron chi connectivity index (χ3n) is 3.08. The molecule has 0 saturated carbocycles. The lowest BCUT2D eigenvalue weighted by Crippen LogP contribution is -2.31. The van der Waals surface area contributed by atoms with Gasteiger partial charge in [0, 0.05) is 19.5 Å². The number of benzene rings is 1. The van der Waals surface area contributed by atoms with Gasteiger partial charge < -0.3 is 14.6 Å². The van der Waals surface area contributed by atoms with E-state index < -0.39 is 13.0 Å². The lowest BCUT2D eigenvalue weighted by atomic mass is 10.2. The first-order valence-corrected chi connectivity index (χ1v) is 7.17. The Labute approximate surface area is 127 Å². The second-order valence-electron chi connectivity index (χ2n) is 4.81. The first kappa shape index (κ1) is 16.3. The van der Waals surface area contributed by atoms with Crippen LogP contribution in [0.1, 0.15) is 12.0 Å². The van der Waals surface area contributed by atoms with Crippen molar-refractivity contribution in [2.24, 2.45) is 0 Å². The van der Waals surface area contributed by atoms with Crippen molar-refractivity contribution in [2.45, 2.75) is 19.4 Å². The second-order valence-corrected chi connectivity index (χ2v) is 5.21. The third kappa shape index (κ3) is 4.69. The Bertz CT molecular complexity index is 474. The molecular weight excluding hydrogens is 304 g/mol. The van der Waals surface area contributed by atoms with E-state index in [-0.39, 0.29) is 19.7 Å². The molecule has 0 spiro atoms. The largest absolute Gasteiger partial charge is 0.489 e. The SMILES string of the molecule is OCCN(Cc1cc(Cl)c2c(c1)OCCCO2)CC(F)F. The number of aliphatic hydroxyl groups excluding tert-OH is 1. The molecule has 0 fully saturated rings. The van der Waals surface area contributed by atoms with Crippen molar-refractivity contribution in [1.82, 2.24) is 4.90 Å². The van der Waals surface area contributed by atoms with Crippen LogP contribution in [-0.4, -0.2) is 49.3 Å². The average molecular weight is 322 g/mol. The highest BCUT2D eigenvalue weighted by molar-refractivity contribution is 6.32. The fourth-order valence-electron chi connectivity index (χ4n) is 2.21. The maximum Gasteiger partial charge on any atom is 0.251 e. The molecule has 21 heavy (non-hydrogen) atoms. The highest BCUT2D eigenvalue weighted by atomic mass is 35.5. The van der Waals surface area contributed by atoms with Gasteiger partial charge in [0.1, 0.15) is 0 Å². The maximum absolute atomic E-state index is 12.5. The molecule has 7 heteroatoms. The smallest absolute Gasteiger partial charge is 0.251 e. The summed E-state index contributed by atoms with van der Waals surface area (Å²) in [5.74, 6) is 1.04. The Morgan fingerprint density at radius 1 is 1.29 bits per heavy atom. The van der Waals surface area contributed by atoms with Crippen molar-refractivity contribution in [1.29, 1.82) is 0 Å². The van der Waals surface area contributed by atoms with Gasteiger partial charge in [0.15, 0.2) is 11.5 Å². The standard InChI is InChI=1S/C14H18ClF2NO3/c15-11-6-10(8-18(2-3-19)9-13(16)17)7-12-14(11)21-5-1-4-20-12/h6-7,13,19H,1-5,8-9H2. The normalized spacial score (nSPS) is 14.6. The maximum atomic E-state index is 12.5. The van der Waals surface area contributed by atoms with E-state index >= 15 is 0 Å². The summed E-state index contributed by atoms with van der Waals surface area (Å²) in [6.07, 6.45) is -1.69. The molecule has 0 unspecified atom stereocenters. The fraction of sp³-hybridized carbons (Fsp3) is 0.571. The van der Waals surface area contributed by atoms with Gasteiger partial charge in [-0.25, -0.2) is 8.78 Å². The van der Waals surface area contributed by atoms with Crippen LogP contribution in [0.15, 0.2) is 12.1 Å². The van der Waals surface area contributed by atoms with E-state index in [1.807, 2.05) is 0 Å². The van der Waals surface area contributed by atoms with Crippen LogP contribution in [-0.2, 0) is 6.54 Å². The first-order valence-electron chi connectivity index (χ1n) is 6.79.